The number of rotatable bonds is 6. The molecule has 142 valence electrons. The molecule has 2 rings (SSSR count). The molecule has 0 unspecified atom stereocenters. The van der Waals surface area contributed by atoms with Gasteiger partial charge in [0.15, 0.2) is 5.96 Å². The Labute approximate surface area is 168 Å². The van der Waals surface area contributed by atoms with E-state index >= 15 is 0 Å². The van der Waals surface area contributed by atoms with Gasteiger partial charge in [-0.3, -0.25) is 4.99 Å². The number of aliphatic imine (C=N–C) groups is 1. The zero-order valence-electron chi connectivity index (χ0n) is 14.7. The van der Waals surface area contributed by atoms with E-state index in [2.05, 4.69) is 15.0 Å². The van der Waals surface area contributed by atoms with Crippen LogP contribution in [0.3, 0.4) is 0 Å². The highest BCUT2D eigenvalue weighted by Gasteiger charge is 2.13. The fourth-order valence-electron chi connectivity index (χ4n) is 2.84. The third kappa shape index (κ3) is 7.91. The molecular weight excluding hydrogens is 451 g/mol. The van der Waals surface area contributed by atoms with E-state index in [-0.39, 0.29) is 35.4 Å². The highest BCUT2D eigenvalue weighted by molar-refractivity contribution is 14.0. The molecule has 0 bridgehead atoms. The van der Waals surface area contributed by atoms with Crippen LogP contribution in [0.15, 0.2) is 34.2 Å². The van der Waals surface area contributed by atoms with Crippen molar-refractivity contribution in [1.82, 2.24) is 10.0 Å². The molecule has 0 heterocycles. The van der Waals surface area contributed by atoms with E-state index in [4.69, 9.17) is 5.73 Å². The molecule has 0 amide bonds. The first-order chi connectivity index (χ1) is 11.5. The molecule has 8 heteroatoms. The predicted molar refractivity (Wildman–Crippen MR) is 113 cm³/mol. The molecule has 0 spiro atoms. The van der Waals surface area contributed by atoms with Crippen molar-refractivity contribution in [2.24, 2.45) is 10.7 Å². The number of guanidine groups is 1. The van der Waals surface area contributed by atoms with Crippen LogP contribution >= 0.6 is 24.0 Å². The molecule has 1 aromatic rings. The summed E-state index contributed by atoms with van der Waals surface area (Å²) in [5, 5.41) is 3.24. The van der Waals surface area contributed by atoms with Gasteiger partial charge in [0.1, 0.15) is 0 Å². The minimum atomic E-state index is -3.49. The first-order valence-electron chi connectivity index (χ1n) is 8.60. The van der Waals surface area contributed by atoms with Gasteiger partial charge >= 0.3 is 0 Å². The van der Waals surface area contributed by atoms with Crippen LogP contribution in [0.5, 0.6) is 0 Å². The van der Waals surface area contributed by atoms with Crippen LogP contribution in [-0.2, 0) is 10.0 Å². The van der Waals surface area contributed by atoms with Crippen LogP contribution < -0.4 is 15.8 Å². The number of benzene rings is 1. The molecule has 6 nitrogen and oxygen atoms in total. The number of nitrogens with zero attached hydrogens (tertiary/aromatic N) is 1. The summed E-state index contributed by atoms with van der Waals surface area (Å²) in [5.41, 5.74) is 6.92. The topological polar surface area (TPSA) is 96.6 Å². The number of nitrogens with two attached hydrogens (primary N) is 1. The number of hydrogen-bond donors (Lipinski definition) is 3. The quantitative estimate of drug-likeness (QED) is 0.192. The van der Waals surface area contributed by atoms with Gasteiger partial charge in [0.2, 0.25) is 10.0 Å². The average molecular weight is 480 g/mol. The van der Waals surface area contributed by atoms with Crippen LogP contribution in [0.4, 0.5) is 0 Å². The second-order valence-corrected chi connectivity index (χ2v) is 8.08. The van der Waals surface area contributed by atoms with Crippen molar-refractivity contribution in [3.8, 4) is 0 Å². The van der Waals surface area contributed by atoms with Crippen molar-refractivity contribution >= 4 is 40.0 Å². The van der Waals surface area contributed by atoms with Crippen LogP contribution in [0.1, 0.15) is 44.1 Å². The Morgan fingerprint density at radius 3 is 2.36 bits per heavy atom. The molecule has 0 radical (unpaired) electrons. The van der Waals surface area contributed by atoms with E-state index in [0.717, 1.165) is 18.4 Å². The van der Waals surface area contributed by atoms with Crippen molar-refractivity contribution in [2.45, 2.75) is 56.4 Å². The molecule has 0 saturated heterocycles. The Hall–Kier alpha value is -0.870. The lowest BCUT2D eigenvalue weighted by Crippen LogP contribution is -2.40. The minimum absolute atomic E-state index is 0. The van der Waals surface area contributed by atoms with Gasteiger partial charge in [-0.25, -0.2) is 13.1 Å². The second-order valence-electron chi connectivity index (χ2n) is 6.31. The van der Waals surface area contributed by atoms with Crippen LogP contribution in [0, 0.1) is 6.92 Å². The van der Waals surface area contributed by atoms with E-state index in [0.29, 0.717) is 18.5 Å². The Morgan fingerprint density at radius 1 is 1.16 bits per heavy atom. The standard InChI is InChI=1S/C17H28N4O2S.HI/c1-14-8-10-16(11-9-14)24(22,23)20-13-12-19-17(18)21-15-6-4-2-3-5-7-15;/h8-11,15,20H,2-7,12-13H2,1H3,(H3,18,19,21);1H. The molecule has 25 heavy (non-hydrogen) atoms. The highest BCUT2D eigenvalue weighted by Crippen LogP contribution is 2.16. The first kappa shape index (κ1) is 22.2. The van der Waals surface area contributed by atoms with E-state index in [1.165, 1.54) is 25.7 Å². The number of sulfonamides is 1. The number of nitrogens with one attached hydrogen (secondary N) is 2. The third-order valence-electron chi connectivity index (χ3n) is 4.22. The van der Waals surface area contributed by atoms with Crippen LogP contribution in [-0.4, -0.2) is 33.5 Å². The number of aryl methyl sites for hydroxylation is 1. The minimum Gasteiger partial charge on any atom is -0.370 e. The molecule has 1 aliphatic rings. The monoisotopic (exact) mass is 480 g/mol. The van der Waals surface area contributed by atoms with Gasteiger partial charge in [-0.1, -0.05) is 43.4 Å². The average Bonchev–Trinajstić information content (AvgIpc) is 2.81. The van der Waals surface area contributed by atoms with Crippen LogP contribution in [0.2, 0.25) is 0 Å². The summed E-state index contributed by atoms with van der Waals surface area (Å²) in [4.78, 5) is 4.48. The Balaban J connectivity index is 0.00000312. The van der Waals surface area contributed by atoms with Crippen molar-refractivity contribution < 1.29 is 8.42 Å². The maximum absolute atomic E-state index is 12.1. The highest BCUT2D eigenvalue weighted by atomic mass is 127. The lowest BCUT2D eigenvalue weighted by atomic mass is 10.1. The summed E-state index contributed by atoms with van der Waals surface area (Å²) in [6.45, 7) is 2.46. The Bertz CT molecular complexity index is 639. The Kier molecular flexibility index (Phi) is 9.73. The van der Waals surface area contributed by atoms with E-state index in [9.17, 15) is 8.42 Å². The van der Waals surface area contributed by atoms with Crippen molar-refractivity contribution in [3.05, 3.63) is 29.8 Å². The lowest BCUT2D eigenvalue weighted by molar-refractivity contribution is 0.530. The van der Waals surface area contributed by atoms with Gasteiger partial charge in [-0.15, -0.1) is 24.0 Å². The van der Waals surface area contributed by atoms with E-state index < -0.39 is 10.0 Å². The SMILES string of the molecule is Cc1ccc(S(=O)(=O)NCCN=C(N)NC2CCCCCC2)cc1.I. The number of hydrogen-bond acceptors (Lipinski definition) is 3. The predicted octanol–water partition coefficient (Wildman–Crippen LogP) is 2.52. The molecule has 1 aliphatic carbocycles. The van der Waals surface area contributed by atoms with Gasteiger partial charge in [0, 0.05) is 12.6 Å². The summed E-state index contributed by atoms with van der Waals surface area (Å²) in [6.07, 6.45) is 7.27. The fraction of sp³-hybridized carbons (Fsp3) is 0.588. The second kappa shape index (κ2) is 11.0. The summed E-state index contributed by atoms with van der Waals surface area (Å²) >= 11 is 0. The molecule has 0 aromatic heterocycles. The van der Waals surface area contributed by atoms with Gasteiger partial charge in [-0.2, -0.15) is 0 Å². The number of halogens is 1. The molecule has 1 saturated carbocycles. The Morgan fingerprint density at radius 2 is 1.76 bits per heavy atom. The molecule has 1 fully saturated rings. The molecule has 4 N–H and O–H groups in total. The summed E-state index contributed by atoms with van der Waals surface area (Å²) in [6, 6.07) is 7.15. The maximum atomic E-state index is 12.1. The van der Waals surface area contributed by atoms with Gasteiger partial charge in [0.05, 0.1) is 11.4 Å². The summed E-state index contributed by atoms with van der Waals surface area (Å²) < 4.78 is 26.8. The zero-order valence-corrected chi connectivity index (χ0v) is 17.8. The van der Waals surface area contributed by atoms with Gasteiger partial charge in [-0.05, 0) is 31.9 Å². The molecular formula is C17H29IN4O2S. The van der Waals surface area contributed by atoms with E-state index in [1.807, 2.05) is 6.92 Å². The van der Waals surface area contributed by atoms with Crippen molar-refractivity contribution in [2.75, 3.05) is 13.1 Å². The first-order valence-corrected chi connectivity index (χ1v) is 10.1. The summed E-state index contributed by atoms with van der Waals surface area (Å²) in [5.74, 6) is 0.399. The normalized spacial score (nSPS) is 16.8. The van der Waals surface area contributed by atoms with Crippen molar-refractivity contribution in [3.63, 3.8) is 0 Å². The zero-order chi connectivity index (χ0) is 17.4. The molecule has 1 aromatic carbocycles. The van der Waals surface area contributed by atoms with Gasteiger partial charge < -0.3 is 11.1 Å². The lowest BCUT2D eigenvalue weighted by Gasteiger charge is -2.16. The smallest absolute Gasteiger partial charge is 0.240 e. The summed E-state index contributed by atoms with van der Waals surface area (Å²) in [7, 11) is -3.49. The maximum Gasteiger partial charge on any atom is 0.240 e. The van der Waals surface area contributed by atoms with Crippen molar-refractivity contribution in [1.29, 1.82) is 0 Å². The van der Waals surface area contributed by atoms with Crippen LogP contribution in [0.25, 0.3) is 0 Å². The van der Waals surface area contributed by atoms with E-state index in [1.54, 1.807) is 24.3 Å². The fourth-order valence-corrected chi connectivity index (χ4v) is 3.86. The largest absolute Gasteiger partial charge is 0.370 e. The molecule has 0 aliphatic heterocycles. The van der Waals surface area contributed by atoms with Gasteiger partial charge in [0.25, 0.3) is 0 Å². The third-order valence-corrected chi connectivity index (χ3v) is 5.70. The molecule has 0 atom stereocenters.